The van der Waals surface area contributed by atoms with Crippen LogP contribution in [0.1, 0.15) is 5.56 Å². The SMILES string of the molecule is O=C(Cc1ccc([N+](=O)[O-])cc1)Nc1cc(Br)cnc1Cl. The summed E-state index contributed by atoms with van der Waals surface area (Å²) in [6.45, 7) is 0. The highest BCUT2D eigenvalue weighted by Crippen LogP contribution is 2.23. The summed E-state index contributed by atoms with van der Waals surface area (Å²) in [6, 6.07) is 7.44. The second kappa shape index (κ2) is 6.64. The van der Waals surface area contributed by atoms with E-state index < -0.39 is 4.92 Å². The van der Waals surface area contributed by atoms with E-state index in [-0.39, 0.29) is 23.2 Å². The fourth-order valence-corrected chi connectivity index (χ4v) is 2.11. The zero-order chi connectivity index (χ0) is 15.4. The molecule has 0 unspecified atom stereocenters. The van der Waals surface area contributed by atoms with Crippen LogP contribution in [-0.4, -0.2) is 15.8 Å². The number of pyridine rings is 1. The number of nitrogens with one attached hydrogen (secondary N) is 1. The molecule has 2 aromatic rings. The first kappa shape index (κ1) is 15.4. The molecule has 1 aromatic carbocycles. The van der Waals surface area contributed by atoms with Crippen molar-refractivity contribution in [1.29, 1.82) is 0 Å². The highest BCUT2D eigenvalue weighted by molar-refractivity contribution is 9.10. The number of halogens is 2. The van der Waals surface area contributed by atoms with Crippen molar-refractivity contribution in [3.63, 3.8) is 0 Å². The Labute approximate surface area is 133 Å². The number of benzene rings is 1. The predicted molar refractivity (Wildman–Crippen MR) is 82.4 cm³/mol. The Balaban J connectivity index is 2.04. The van der Waals surface area contributed by atoms with Crippen molar-refractivity contribution in [3.05, 3.63) is 61.8 Å². The number of rotatable bonds is 4. The number of carbonyl (C=O) groups is 1. The number of nitrogens with zero attached hydrogens (tertiary/aromatic N) is 2. The maximum atomic E-state index is 11.9. The van der Waals surface area contributed by atoms with Crippen LogP contribution in [-0.2, 0) is 11.2 Å². The number of anilines is 1. The highest BCUT2D eigenvalue weighted by atomic mass is 79.9. The van der Waals surface area contributed by atoms with Crippen molar-refractivity contribution < 1.29 is 9.72 Å². The molecule has 0 saturated heterocycles. The van der Waals surface area contributed by atoms with Gasteiger partial charge in [0.25, 0.3) is 5.69 Å². The normalized spacial score (nSPS) is 10.2. The van der Waals surface area contributed by atoms with Gasteiger partial charge < -0.3 is 5.32 Å². The molecule has 2 rings (SSSR count). The molecule has 0 radical (unpaired) electrons. The number of hydrogen-bond acceptors (Lipinski definition) is 4. The van der Waals surface area contributed by atoms with Gasteiger partial charge in [0.1, 0.15) is 0 Å². The van der Waals surface area contributed by atoms with Crippen molar-refractivity contribution in [2.45, 2.75) is 6.42 Å². The van der Waals surface area contributed by atoms with E-state index in [4.69, 9.17) is 11.6 Å². The minimum Gasteiger partial charge on any atom is -0.323 e. The molecular weight excluding hydrogens is 362 g/mol. The molecule has 0 bridgehead atoms. The van der Waals surface area contributed by atoms with E-state index in [2.05, 4.69) is 26.2 Å². The summed E-state index contributed by atoms with van der Waals surface area (Å²) < 4.78 is 0.692. The minimum atomic E-state index is -0.489. The van der Waals surface area contributed by atoms with Gasteiger partial charge in [-0.25, -0.2) is 4.98 Å². The summed E-state index contributed by atoms with van der Waals surface area (Å²) in [5.74, 6) is -0.286. The van der Waals surface area contributed by atoms with Gasteiger partial charge in [0, 0.05) is 22.8 Å². The van der Waals surface area contributed by atoms with E-state index in [0.29, 0.717) is 15.7 Å². The zero-order valence-corrected chi connectivity index (χ0v) is 12.9. The van der Waals surface area contributed by atoms with Crippen molar-refractivity contribution in [3.8, 4) is 0 Å². The molecule has 1 N–H and O–H groups in total. The molecule has 1 aromatic heterocycles. The van der Waals surface area contributed by atoms with Crippen LogP contribution in [0.4, 0.5) is 11.4 Å². The standard InChI is InChI=1S/C13H9BrClN3O3/c14-9-6-11(13(15)16-7-9)17-12(19)5-8-1-3-10(4-2-8)18(20)21/h1-4,6-7H,5H2,(H,17,19). The molecular formula is C13H9BrClN3O3. The minimum absolute atomic E-state index is 0.0154. The van der Waals surface area contributed by atoms with Gasteiger partial charge in [-0.05, 0) is 27.6 Å². The summed E-state index contributed by atoms with van der Waals surface area (Å²) in [4.78, 5) is 25.9. The number of aromatic nitrogens is 1. The lowest BCUT2D eigenvalue weighted by atomic mass is 10.1. The Hall–Kier alpha value is -1.99. The van der Waals surface area contributed by atoms with Crippen LogP contribution in [0, 0.1) is 10.1 Å². The summed E-state index contributed by atoms with van der Waals surface area (Å²) in [6.07, 6.45) is 1.61. The van der Waals surface area contributed by atoms with E-state index >= 15 is 0 Å². The third-order valence-electron chi connectivity index (χ3n) is 2.59. The van der Waals surface area contributed by atoms with Crippen molar-refractivity contribution in [2.75, 3.05) is 5.32 Å². The Bertz CT molecular complexity index is 692. The van der Waals surface area contributed by atoms with Gasteiger partial charge in [0.15, 0.2) is 5.15 Å². The fourth-order valence-electron chi connectivity index (χ4n) is 1.63. The fraction of sp³-hybridized carbons (Fsp3) is 0.0769. The average molecular weight is 371 g/mol. The van der Waals surface area contributed by atoms with Crippen LogP contribution in [0.5, 0.6) is 0 Å². The van der Waals surface area contributed by atoms with Crippen LogP contribution in [0.2, 0.25) is 5.15 Å². The summed E-state index contributed by atoms with van der Waals surface area (Å²) in [5.41, 5.74) is 1.05. The van der Waals surface area contributed by atoms with Gasteiger partial charge in [-0.3, -0.25) is 14.9 Å². The molecule has 0 fully saturated rings. The van der Waals surface area contributed by atoms with Gasteiger partial charge >= 0.3 is 0 Å². The van der Waals surface area contributed by atoms with Crippen LogP contribution in [0.25, 0.3) is 0 Å². The molecule has 0 aliphatic heterocycles. The van der Waals surface area contributed by atoms with E-state index in [9.17, 15) is 14.9 Å². The third kappa shape index (κ3) is 4.24. The monoisotopic (exact) mass is 369 g/mol. The lowest BCUT2D eigenvalue weighted by Crippen LogP contribution is -2.15. The second-order valence-electron chi connectivity index (χ2n) is 4.14. The van der Waals surface area contributed by atoms with Crippen LogP contribution < -0.4 is 5.32 Å². The molecule has 0 saturated carbocycles. The number of carbonyl (C=O) groups excluding carboxylic acids is 1. The van der Waals surface area contributed by atoms with Gasteiger partial charge in [0.05, 0.1) is 17.0 Å². The Morgan fingerprint density at radius 1 is 1.38 bits per heavy atom. The smallest absolute Gasteiger partial charge is 0.269 e. The van der Waals surface area contributed by atoms with Gasteiger partial charge in [-0.1, -0.05) is 23.7 Å². The lowest BCUT2D eigenvalue weighted by Gasteiger charge is -2.07. The van der Waals surface area contributed by atoms with Gasteiger partial charge in [-0.15, -0.1) is 0 Å². The first-order valence-electron chi connectivity index (χ1n) is 5.80. The largest absolute Gasteiger partial charge is 0.323 e. The zero-order valence-electron chi connectivity index (χ0n) is 10.5. The first-order chi connectivity index (χ1) is 9.95. The van der Waals surface area contributed by atoms with E-state index in [1.54, 1.807) is 18.2 Å². The van der Waals surface area contributed by atoms with E-state index in [1.165, 1.54) is 18.3 Å². The molecule has 0 atom stereocenters. The molecule has 0 aliphatic carbocycles. The Morgan fingerprint density at radius 2 is 2.05 bits per heavy atom. The van der Waals surface area contributed by atoms with Crippen molar-refractivity contribution in [2.24, 2.45) is 0 Å². The second-order valence-corrected chi connectivity index (χ2v) is 5.41. The number of nitro groups is 1. The Morgan fingerprint density at radius 3 is 2.67 bits per heavy atom. The highest BCUT2D eigenvalue weighted by Gasteiger charge is 2.10. The third-order valence-corrected chi connectivity index (χ3v) is 3.33. The Kier molecular flexibility index (Phi) is 4.87. The number of hydrogen-bond donors (Lipinski definition) is 1. The van der Waals surface area contributed by atoms with Crippen LogP contribution in [0.15, 0.2) is 41.0 Å². The molecule has 8 heteroatoms. The maximum Gasteiger partial charge on any atom is 0.269 e. The van der Waals surface area contributed by atoms with Crippen LogP contribution >= 0.6 is 27.5 Å². The lowest BCUT2D eigenvalue weighted by molar-refractivity contribution is -0.384. The first-order valence-corrected chi connectivity index (χ1v) is 6.97. The number of nitro benzene ring substituents is 1. The van der Waals surface area contributed by atoms with E-state index in [1.807, 2.05) is 0 Å². The van der Waals surface area contributed by atoms with E-state index in [0.717, 1.165) is 0 Å². The summed E-state index contributed by atoms with van der Waals surface area (Å²) in [7, 11) is 0. The summed E-state index contributed by atoms with van der Waals surface area (Å²) >= 11 is 9.12. The number of non-ortho nitro benzene ring substituents is 1. The number of amides is 1. The predicted octanol–water partition coefficient (Wildman–Crippen LogP) is 3.59. The van der Waals surface area contributed by atoms with Crippen molar-refractivity contribution >= 4 is 44.8 Å². The van der Waals surface area contributed by atoms with Gasteiger partial charge in [0.2, 0.25) is 5.91 Å². The topological polar surface area (TPSA) is 85.1 Å². The molecule has 1 amide bonds. The summed E-state index contributed by atoms with van der Waals surface area (Å²) in [5, 5.41) is 13.4. The molecule has 21 heavy (non-hydrogen) atoms. The molecule has 108 valence electrons. The average Bonchev–Trinajstić information content (AvgIpc) is 2.43. The van der Waals surface area contributed by atoms with Gasteiger partial charge in [-0.2, -0.15) is 0 Å². The molecule has 1 heterocycles. The molecule has 6 nitrogen and oxygen atoms in total. The maximum absolute atomic E-state index is 11.9. The molecule has 0 aliphatic rings. The van der Waals surface area contributed by atoms with Crippen LogP contribution in [0.3, 0.4) is 0 Å². The van der Waals surface area contributed by atoms with Crippen molar-refractivity contribution in [1.82, 2.24) is 4.98 Å². The molecule has 0 spiro atoms. The quantitative estimate of drug-likeness (QED) is 0.506.